The average molecular weight is 346 g/mol. The molecule has 0 bridgehead atoms. The third-order valence-corrected chi connectivity index (χ3v) is 4.36. The molecule has 1 aromatic rings. The van der Waals surface area contributed by atoms with E-state index in [-0.39, 0.29) is 5.54 Å². The molecular weight excluding hydrogens is 327 g/mol. The van der Waals surface area contributed by atoms with E-state index in [0.717, 1.165) is 9.99 Å². The first-order valence-corrected chi connectivity index (χ1v) is 7.20. The zero-order chi connectivity index (χ0) is 12.3. The van der Waals surface area contributed by atoms with E-state index in [4.69, 9.17) is 5.73 Å². The highest BCUT2D eigenvalue weighted by Crippen LogP contribution is 2.35. The summed E-state index contributed by atoms with van der Waals surface area (Å²) in [5.74, 6) is 1.27. The molecular formula is C12H19IN4. The molecule has 1 aliphatic carbocycles. The Hall–Kier alpha value is -0.430. The van der Waals surface area contributed by atoms with E-state index in [9.17, 15) is 0 Å². The molecule has 2 rings (SSSR count). The van der Waals surface area contributed by atoms with Crippen molar-refractivity contribution in [3.8, 4) is 0 Å². The van der Waals surface area contributed by atoms with Crippen LogP contribution in [0.25, 0.3) is 0 Å². The number of hydrogen-bond donors (Lipinski definition) is 2. The van der Waals surface area contributed by atoms with Gasteiger partial charge < -0.3 is 11.1 Å². The molecule has 0 amide bonds. The fourth-order valence-corrected chi connectivity index (χ4v) is 2.83. The Balaban J connectivity index is 2.15. The Kier molecular flexibility index (Phi) is 4.19. The lowest BCUT2D eigenvalue weighted by molar-refractivity contribution is 0.234. The molecule has 2 unspecified atom stereocenters. The van der Waals surface area contributed by atoms with E-state index in [2.05, 4.69) is 44.8 Å². The molecule has 1 aromatic heterocycles. The van der Waals surface area contributed by atoms with E-state index >= 15 is 0 Å². The lowest BCUT2D eigenvalue weighted by atomic mass is 9.73. The first-order valence-electron chi connectivity index (χ1n) is 6.12. The minimum Gasteiger partial charge on any atom is -0.347 e. The highest BCUT2D eigenvalue weighted by atomic mass is 127. The number of rotatable bonds is 3. The topological polar surface area (TPSA) is 63.8 Å². The number of nitrogens with zero attached hydrogens (tertiary/aromatic N) is 2. The van der Waals surface area contributed by atoms with Crippen molar-refractivity contribution in [1.82, 2.24) is 9.97 Å². The van der Waals surface area contributed by atoms with Gasteiger partial charge in [-0.2, -0.15) is 0 Å². The van der Waals surface area contributed by atoms with Crippen LogP contribution in [0.4, 0.5) is 5.95 Å². The van der Waals surface area contributed by atoms with Gasteiger partial charge in [-0.1, -0.05) is 19.8 Å². The normalized spacial score (nSPS) is 29.0. The Morgan fingerprint density at radius 2 is 2.18 bits per heavy atom. The van der Waals surface area contributed by atoms with Gasteiger partial charge in [0.2, 0.25) is 5.95 Å². The molecule has 1 saturated carbocycles. The lowest BCUT2D eigenvalue weighted by Gasteiger charge is -2.42. The van der Waals surface area contributed by atoms with E-state index in [0.29, 0.717) is 18.4 Å². The first kappa shape index (κ1) is 13.0. The van der Waals surface area contributed by atoms with Crippen LogP contribution in [0.2, 0.25) is 0 Å². The van der Waals surface area contributed by atoms with Crippen LogP contribution in [-0.4, -0.2) is 22.1 Å². The second kappa shape index (κ2) is 5.48. The summed E-state index contributed by atoms with van der Waals surface area (Å²) in [4.78, 5) is 8.63. The SMILES string of the molecule is CC1CCCCC1(CN)Nc1ncc(I)cn1. The van der Waals surface area contributed by atoms with Gasteiger partial charge in [-0.05, 0) is 41.4 Å². The van der Waals surface area contributed by atoms with Crippen LogP contribution in [0.5, 0.6) is 0 Å². The molecule has 0 saturated heterocycles. The number of hydrogen-bond acceptors (Lipinski definition) is 4. The summed E-state index contributed by atoms with van der Waals surface area (Å²) in [6.07, 6.45) is 8.53. The van der Waals surface area contributed by atoms with Crippen molar-refractivity contribution in [2.45, 2.75) is 38.1 Å². The third kappa shape index (κ3) is 2.88. The predicted molar refractivity (Wildman–Crippen MR) is 77.8 cm³/mol. The van der Waals surface area contributed by atoms with Gasteiger partial charge in [-0.3, -0.25) is 0 Å². The smallest absolute Gasteiger partial charge is 0.223 e. The molecule has 0 aliphatic heterocycles. The monoisotopic (exact) mass is 346 g/mol. The summed E-state index contributed by atoms with van der Waals surface area (Å²) in [6, 6.07) is 0. The van der Waals surface area contributed by atoms with Crippen LogP contribution in [0, 0.1) is 9.49 Å². The zero-order valence-corrected chi connectivity index (χ0v) is 12.3. The molecule has 0 spiro atoms. The van der Waals surface area contributed by atoms with E-state index in [1.54, 1.807) is 0 Å². The molecule has 4 nitrogen and oxygen atoms in total. The van der Waals surface area contributed by atoms with Crippen molar-refractivity contribution in [2.24, 2.45) is 11.7 Å². The van der Waals surface area contributed by atoms with Crippen molar-refractivity contribution in [3.63, 3.8) is 0 Å². The molecule has 5 heteroatoms. The van der Waals surface area contributed by atoms with Gasteiger partial charge in [-0.15, -0.1) is 0 Å². The van der Waals surface area contributed by atoms with Gasteiger partial charge in [0.25, 0.3) is 0 Å². The molecule has 1 heterocycles. The van der Waals surface area contributed by atoms with Crippen LogP contribution in [0.15, 0.2) is 12.4 Å². The van der Waals surface area contributed by atoms with Crippen LogP contribution < -0.4 is 11.1 Å². The van der Waals surface area contributed by atoms with Gasteiger partial charge in [0.05, 0.1) is 5.54 Å². The van der Waals surface area contributed by atoms with Gasteiger partial charge in [0.15, 0.2) is 0 Å². The summed E-state index contributed by atoms with van der Waals surface area (Å²) in [7, 11) is 0. The Bertz CT molecular complexity index is 367. The quantitative estimate of drug-likeness (QED) is 0.825. The Labute approximate surface area is 116 Å². The number of aromatic nitrogens is 2. The van der Waals surface area contributed by atoms with Gasteiger partial charge in [-0.25, -0.2) is 9.97 Å². The predicted octanol–water partition coefficient (Wildman–Crippen LogP) is 2.40. The zero-order valence-electron chi connectivity index (χ0n) is 10.1. The fraction of sp³-hybridized carbons (Fsp3) is 0.667. The van der Waals surface area contributed by atoms with Crippen molar-refractivity contribution in [3.05, 3.63) is 16.0 Å². The Morgan fingerprint density at radius 1 is 1.47 bits per heavy atom. The highest BCUT2D eigenvalue weighted by Gasteiger charge is 2.37. The van der Waals surface area contributed by atoms with E-state index < -0.39 is 0 Å². The van der Waals surface area contributed by atoms with Crippen molar-refractivity contribution in [2.75, 3.05) is 11.9 Å². The number of nitrogens with two attached hydrogens (primary N) is 1. The first-order chi connectivity index (χ1) is 8.16. The number of halogens is 1. The standard InChI is InChI=1S/C12H19IN4/c1-9-4-2-3-5-12(9,8-14)17-11-15-6-10(13)7-16-11/h6-7,9H,2-5,8,14H2,1H3,(H,15,16,17). The van der Waals surface area contributed by atoms with Crippen LogP contribution >= 0.6 is 22.6 Å². The minimum atomic E-state index is -0.0228. The minimum absolute atomic E-state index is 0.0228. The average Bonchev–Trinajstić information content (AvgIpc) is 2.35. The molecule has 94 valence electrons. The van der Waals surface area contributed by atoms with Crippen molar-refractivity contribution < 1.29 is 0 Å². The molecule has 0 radical (unpaired) electrons. The van der Waals surface area contributed by atoms with E-state index in [1.807, 2.05) is 12.4 Å². The Morgan fingerprint density at radius 3 is 2.76 bits per heavy atom. The summed E-state index contributed by atoms with van der Waals surface area (Å²) in [5.41, 5.74) is 5.96. The second-order valence-corrected chi connectivity index (χ2v) is 6.10. The maximum Gasteiger partial charge on any atom is 0.223 e. The summed E-state index contributed by atoms with van der Waals surface area (Å²) in [6.45, 7) is 2.91. The van der Waals surface area contributed by atoms with Gasteiger partial charge >= 0.3 is 0 Å². The number of nitrogens with one attached hydrogen (secondary N) is 1. The molecule has 1 aliphatic rings. The van der Waals surface area contributed by atoms with Crippen LogP contribution in [0.1, 0.15) is 32.6 Å². The summed E-state index contributed by atoms with van der Waals surface area (Å²) < 4.78 is 1.05. The fourth-order valence-electron chi connectivity index (χ4n) is 2.55. The molecule has 17 heavy (non-hydrogen) atoms. The molecule has 0 aromatic carbocycles. The van der Waals surface area contributed by atoms with Gasteiger partial charge in [0, 0.05) is 22.5 Å². The maximum absolute atomic E-state index is 5.99. The van der Waals surface area contributed by atoms with Crippen molar-refractivity contribution >= 4 is 28.5 Å². The maximum atomic E-state index is 5.99. The third-order valence-electron chi connectivity index (χ3n) is 3.80. The van der Waals surface area contributed by atoms with Crippen molar-refractivity contribution in [1.29, 1.82) is 0 Å². The number of anilines is 1. The van der Waals surface area contributed by atoms with E-state index in [1.165, 1.54) is 19.3 Å². The highest BCUT2D eigenvalue weighted by molar-refractivity contribution is 14.1. The van der Waals surface area contributed by atoms with Crippen LogP contribution in [-0.2, 0) is 0 Å². The molecule has 2 atom stereocenters. The molecule has 3 N–H and O–H groups in total. The summed E-state index contributed by atoms with van der Waals surface area (Å²) >= 11 is 2.21. The lowest BCUT2D eigenvalue weighted by Crippen LogP contribution is -2.52. The second-order valence-electron chi connectivity index (χ2n) is 4.86. The summed E-state index contributed by atoms with van der Waals surface area (Å²) in [5, 5.41) is 3.47. The van der Waals surface area contributed by atoms with Crippen LogP contribution in [0.3, 0.4) is 0 Å². The van der Waals surface area contributed by atoms with Gasteiger partial charge in [0.1, 0.15) is 0 Å². The molecule has 1 fully saturated rings. The largest absolute Gasteiger partial charge is 0.347 e.